The van der Waals surface area contributed by atoms with E-state index in [0.29, 0.717) is 17.4 Å². The normalized spacial score (nSPS) is 23.2. The number of aryl methyl sites for hydroxylation is 1. The first-order chi connectivity index (χ1) is 17.4. The number of alkyl halides is 2. The van der Waals surface area contributed by atoms with Crippen LogP contribution in [0.4, 0.5) is 8.78 Å². The van der Waals surface area contributed by atoms with E-state index in [4.69, 9.17) is 0 Å². The van der Waals surface area contributed by atoms with E-state index in [1.54, 1.807) is 0 Å². The van der Waals surface area contributed by atoms with Crippen LogP contribution >= 0.6 is 0 Å². The molecule has 0 unspecified atom stereocenters. The van der Waals surface area contributed by atoms with Crippen LogP contribution in [-0.2, 0) is 6.54 Å². The Balaban J connectivity index is 1.25. The Kier molecular flexibility index (Phi) is 4.83. The summed E-state index contributed by atoms with van der Waals surface area (Å²) in [5, 5.41) is 15.2. The molecule has 2 saturated carbocycles. The van der Waals surface area contributed by atoms with E-state index in [1.165, 1.54) is 40.4 Å². The molecule has 9 heteroatoms. The first-order valence-corrected chi connectivity index (χ1v) is 12.8. The van der Waals surface area contributed by atoms with E-state index < -0.39 is 5.92 Å². The van der Waals surface area contributed by atoms with Crippen LogP contribution in [-0.4, -0.2) is 48.0 Å². The molecule has 3 aliphatic rings. The number of pyridine rings is 1. The number of nitrogens with one attached hydrogen (secondary N) is 2. The molecule has 2 N–H and O–H groups in total. The van der Waals surface area contributed by atoms with Crippen molar-refractivity contribution in [2.24, 2.45) is 5.41 Å². The summed E-state index contributed by atoms with van der Waals surface area (Å²) in [5.41, 5.74) is 6.77. The fraction of sp³-hybridized carbons (Fsp3) is 0.481. The smallest absolute Gasteiger partial charge is 0.249 e. The minimum Gasteiger partial charge on any atom is -0.361 e. The van der Waals surface area contributed by atoms with Gasteiger partial charge in [-0.05, 0) is 95.3 Å². The maximum Gasteiger partial charge on any atom is 0.249 e. The summed E-state index contributed by atoms with van der Waals surface area (Å²) < 4.78 is 28.0. The average Bonchev–Trinajstić information content (AvgIpc) is 3.31. The van der Waals surface area contributed by atoms with Gasteiger partial charge in [0.2, 0.25) is 5.92 Å². The standard InChI is InChI=1S/C27H29F2N7/c1-16-10-20(17-2-3-17)21(19-6-8-30-24(16)19)13-36-9-7-26(14-27(28,29)15-26)11-23(36)18-4-5-22(31-12-18)25-32-34-35-33-25/h4-6,8,10,12,17,23,30H,2-3,7,9,11,13-15H2,1H3,(H,32,33,34,35)/t23-/m0/s1. The molecule has 2 aliphatic carbocycles. The van der Waals surface area contributed by atoms with Crippen molar-refractivity contribution in [1.82, 2.24) is 35.5 Å². The van der Waals surface area contributed by atoms with Crippen molar-refractivity contribution in [1.29, 1.82) is 0 Å². The van der Waals surface area contributed by atoms with Crippen molar-refractivity contribution in [2.75, 3.05) is 6.54 Å². The number of nitrogens with zero attached hydrogens (tertiary/aromatic N) is 5. The van der Waals surface area contributed by atoms with E-state index in [2.05, 4.69) is 60.6 Å². The van der Waals surface area contributed by atoms with E-state index in [0.717, 1.165) is 31.5 Å². The Morgan fingerprint density at radius 3 is 2.72 bits per heavy atom. The quantitative estimate of drug-likeness (QED) is 0.377. The number of hydrogen-bond donors (Lipinski definition) is 2. The van der Waals surface area contributed by atoms with Crippen molar-refractivity contribution in [2.45, 2.75) is 69.9 Å². The lowest BCUT2D eigenvalue weighted by molar-refractivity contribution is -0.186. The zero-order chi connectivity index (χ0) is 24.5. The second kappa shape index (κ2) is 7.90. The Labute approximate surface area is 207 Å². The van der Waals surface area contributed by atoms with Gasteiger partial charge in [0.1, 0.15) is 5.69 Å². The van der Waals surface area contributed by atoms with Crippen molar-refractivity contribution >= 4 is 10.9 Å². The Morgan fingerprint density at radius 2 is 2.03 bits per heavy atom. The first kappa shape index (κ1) is 22.0. The van der Waals surface area contributed by atoms with Crippen molar-refractivity contribution in [3.8, 4) is 11.5 Å². The van der Waals surface area contributed by atoms with Crippen LogP contribution < -0.4 is 0 Å². The molecule has 0 radical (unpaired) electrons. The molecule has 1 atom stereocenters. The molecule has 7 nitrogen and oxygen atoms in total. The van der Waals surface area contributed by atoms with Gasteiger partial charge in [0.25, 0.3) is 0 Å². The van der Waals surface area contributed by atoms with Crippen LogP contribution in [0.5, 0.6) is 0 Å². The van der Waals surface area contributed by atoms with Gasteiger partial charge in [-0.25, -0.2) is 13.9 Å². The van der Waals surface area contributed by atoms with Gasteiger partial charge in [0.15, 0.2) is 5.82 Å². The number of likely N-dealkylation sites (tertiary alicyclic amines) is 1. The highest BCUT2D eigenvalue weighted by Crippen LogP contribution is 2.60. The lowest BCUT2D eigenvalue weighted by Crippen LogP contribution is -2.53. The Bertz CT molecular complexity index is 1400. The maximum atomic E-state index is 14.0. The van der Waals surface area contributed by atoms with E-state index in [-0.39, 0.29) is 24.3 Å². The number of H-pyrrole nitrogens is 2. The third-order valence-corrected chi connectivity index (χ3v) is 8.59. The lowest BCUT2D eigenvalue weighted by atomic mass is 9.59. The molecule has 0 amide bonds. The third kappa shape index (κ3) is 3.72. The van der Waals surface area contributed by atoms with Gasteiger partial charge in [-0.2, -0.15) is 0 Å². The molecular weight excluding hydrogens is 460 g/mol. The van der Waals surface area contributed by atoms with E-state index >= 15 is 0 Å². The van der Waals surface area contributed by atoms with Gasteiger partial charge < -0.3 is 4.98 Å². The summed E-state index contributed by atoms with van der Waals surface area (Å²) in [4.78, 5) is 10.5. The molecule has 1 aliphatic heterocycles. The molecule has 1 spiro atoms. The van der Waals surface area contributed by atoms with Crippen molar-refractivity contribution in [3.05, 3.63) is 58.9 Å². The summed E-state index contributed by atoms with van der Waals surface area (Å²) in [6.45, 7) is 3.79. The molecule has 3 fully saturated rings. The van der Waals surface area contributed by atoms with Gasteiger partial charge >= 0.3 is 0 Å². The Hall–Kier alpha value is -3.20. The fourth-order valence-electron chi connectivity index (χ4n) is 6.71. The molecule has 7 rings (SSSR count). The van der Waals surface area contributed by atoms with Crippen LogP contribution in [0.2, 0.25) is 0 Å². The van der Waals surface area contributed by atoms with Crippen LogP contribution in [0.25, 0.3) is 22.4 Å². The number of aromatic amines is 2. The number of aromatic nitrogens is 6. The van der Waals surface area contributed by atoms with Crippen molar-refractivity contribution in [3.63, 3.8) is 0 Å². The molecule has 1 aromatic carbocycles. The third-order valence-electron chi connectivity index (χ3n) is 8.59. The summed E-state index contributed by atoms with van der Waals surface area (Å²) >= 11 is 0. The van der Waals surface area contributed by atoms with Crippen LogP contribution in [0.3, 0.4) is 0 Å². The minimum atomic E-state index is -2.53. The maximum absolute atomic E-state index is 14.0. The lowest BCUT2D eigenvalue weighted by Gasteiger charge is -2.54. The summed E-state index contributed by atoms with van der Waals surface area (Å²) in [6, 6.07) is 8.56. The summed E-state index contributed by atoms with van der Waals surface area (Å²) in [6.07, 6.45) is 7.92. The number of rotatable bonds is 5. The molecule has 36 heavy (non-hydrogen) atoms. The van der Waals surface area contributed by atoms with E-state index in [9.17, 15) is 8.78 Å². The summed E-state index contributed by atoms with van der Waals surface area (Å²) in [7, 11) is 0. The van der Waals surface area contributed by atoms with Crippen LogP contribution in [0, 0.1) is 12.3 Å². The highest BCUT2D eigenvalue weighted by molar-refractivity contribution is 5.87. The van der Waals surface area contributed by atoms with Crippen molar-refractivity contribution < 1.29 is 8.78 Å². The number of tetrazole rings is 1. The molecule has 1 saturated heterocycles. The van der Waals surface area contributed by atoms with Gasteiger partial charge in [0, 0.05) is 48.7 Å². The number of benzene rings is 1. The predicted octanol–water partition coefficient (Wildman–Crippen LogP) is 5.68. The SMILES string of the molecule is Cc1cc(C2CC2)c(CN2CCC3(C[C@H]2c2ccc(-c4nnn[nH]4)nc2)CC(F)(F)C3)c2cc[nH]c12. The molecule has 186 valence electrons. The monoisotopic (exact) mass is 489 g/mol. The Morgan fingerprint density at radius 1 is 1.17 bits per heavy atom. The van der Waals surface area contributed by atoms with Crippen LogP contribution in [0.1, 0.15) is 72.7 Å². The van der Waals surface area contributed by atoms with Gasteiger partial charge in [-0.15, -0.1) is 5.10 Å². The van der Waals surface area contributed by atoms with Gasteiger partial charge in [-0.1, -0.05) is 12.1 Å². The first-order valence-electron chi connectivity index (χ1n) is 12.8. The molecule has 4 aromatic rings. The van der Waals surface area contributed by atoms with E-state index in [1.807, 2.05) is 18.5 Å². The van der Waals surface area contributed by atoms with Crippen LogP contribution in [0.15, 0.2) is 36.7 Å². The summed E-state index contributed by atoms with van der Waals surface area (Å²) in [5.74, 6) is -1.38. The molecule has 0 bridgehead atoms. The number of halogens is 2. The zero-order valence-corrected chi connectivity index (χ0v) is 20.3. The molecule has 3 aromatic heterocycles. The van der Waals surface area contributed by atoms with Gasteiger partial charge in [0.05, 0.1) is 0 Å². The molecular formula is C27H29F2N7. The number of fused-ring (bicyclic) bond motifs is 1. The fourth-order valence-corrected chi connectivity index (χ4v) is 6.71. The molecule has 4 heterocycles. The highest BCUT2D eigenvalue weighted by Gasteiger charge is 2.58. The zero-order valence-electron chi connectivity index (χ0n) is 20.3. The second-order valence-electron chi connectivity index (χ2n) is 11.2. The topological polar surface area (TPSA) is 86.4 Å². The minimum absolute atomic E-state index is 0.000498. The second-order valence-corrected chi connectivity index (χ2v) is 11.2. The largest absolute Gasteiger partial charge is 0.361 e. The van der Waals surface area contributed by atoms with Gasteiger partial charge in [-0.3, -0.25) is 9.88 Å². The number of piperidine rings is 1. The predicted molar refractivity (Wildman–Crippen MR) is 131 cm³/mol. The number of hydrogen-bond acceptors (Lipinski definition) is 5. The highest BCUT2D eigenvalue weighted by atomic mass is 19.3. The average molecular weight is 490 g/mol.